The van der Waals surface area contributed by atoms with Gasteiger partial charge >= 0.3 is 0 Å². The summed E-state index contributed by atoms with van der Waals surface area (Å²) in [6.07, 6.45) is 9.19. The minimum absolute atomic E-state index is 0.000796. The van der Waals surface area contributed by atoms with Gasteiger partial charge in [-0.25, -0.2) is 0 Å². The van der Waals surface area contributed by atoms with Crippen LogP contribution in [0, 0.1) is 5.92 Å². The third-order valence-electron chi connectivity index (χ3n) is 5.05. The molecule has 2 aliphatic rings. The van der Waals surface area contributed by atoms with Crippen molar-refractivity contribution < 1.29 is 4.79 Å². The zero-order valence-corrected chi connectivity index (χ0v) is 12.7. The van der Waals surface area contributed by atoms with Gasteiger partial charge in [0.25, 0.3) is 0 Å². The van der Waals surface area contributed by atoms with Gasteiger partial charge in [0.05, 0.1) is 6.04 Å². The Hall–Kier alpha value is -1.35. The van der Waals surface area contributed by atoms with E-state index in [-0.39, 0.29) is 23.9 Å². The van der Waals surface area contributed by atoms with Crippen LogP contribution in [-0.4, -0.2) is 11.9 Å². The van der Waals surface area contributed by atoms with Crippen molar-refractivity contribution in [1.82, 2.24) is 5.32 Å². The van der Waals surface area contributed by atoms with Gasteiger partial charge in [0.15, 0.2) is 0 Å². The molecule has 2 aliphatic carbocycles. The highest BCUT2D eigenvalue weighted by Crippen LogP contribution is 2.31. The Balaban J connectivity index is 1.66. The average molecular weight is 286 g/mol. The normalized spacial score (nSPS) is 26.7. The maximum absolute atomic E-state index is 12.6. The Bertz CT molecular complexity index is 492. The molecule has 1 aromatic rings. The van der Waals surface area contributed by atoms with Gasteiger partial charge in [-0.1, -0.05) is 56.4 Å². The molecule has 1 aromatic carbocycles. The number of amides is 1. The molecule has 3 nitrogen and oxygen atoms in total. The van der Waals surface area contributed by atoms with Gasteiger partial charge in [0.1, 0.15) is 0 Å². The first-order chi connectivity index (χ1) is 10.3. The molecule has 0 saturated heterocycles. The summed E-state index contributed by atoms with van der Waals surface area (Å²) in [5.41, 5.74) is 8.75. The number of fused-ring (bicyclic) bond motifs is 1. The van der Waals surface area contributed by atoms with E-state index in [1.807, 2.05) is 12.1 Å². The molecule has 3 heteroatoms. The monoisotopic (exact) mass is 286 g/mol. The Morgan fingerprint density at radius 3 is 2.48 bits per heavy atom. The fourth-order valence-corrected chi connectivity index (χ4v) is 3.80. The summed E-state index contributed by atoms with van der Waals surface area (Å²) in [7, 11) is 0. The van der Waals surface area contributed by atoms with E-state index in [9.17, 15) is 4.79 Å². The molecular weight excluding hydrogens is 260 g/mol. The maximum atomic E-state index is 12.6. The van der Waals surface area contributed by atoms with Crippen LogP contribution >= 0.6 is 0 Å². The smallest absolute Gasteiger partial charge is 0.223 e. The molecular formula is C18H26N2O. The molecule has 3 N–H and O–H groups in total. The van der Waals surface area contributed by atoms with Gasteiger partial charge in [-0.2, -0.15) is 0 Å². The number of carbonyl (C=O) groups excluding carboxylic acids is 1. The molecule has 0 spiro atoms. The first kappa shape index (κ1) is 14.6. The summed E-state index contributed by atoms with van der Waals surface area (Å²) in [4.78, 5) is 12.6. The number of rotatable bonds is 2. The van der Waals surface area contributed by atoms with Gasteiger partial charge in [0, 0.05) is 12.0 Å². The van der Waals surface area contributed by atoms with E-state index in [2.05, 4.69) is 17.4 Å². The molecule has 0 heterocycles. The van der Waals surface area contributed by atoms with E-state index < -0.39 is 0 Å². The predicted octanol–water partition coefficient (Wildman–Crippen LogP) is 3.09. The van der Waals surface area contributed by atoms with Crippen LogP contribution < -0.4 is 11.1 Å². The molecule has 0 aromatic heterocycles. The Morgan fingerprint density at radius 1 is 1.05 bits per heavy atom. The van der Waals surface area contributed by atoms with Crippen molar-refractivity contribution in [2.24, 2.45) is 11.7 Å². The fourth-order valence-electron chi connectivity index (χ4n) is 3.80. The van der Waals surface area contributed by atoms with Gasteiger partial charge in [-0.3, -0.25) is 4.79 Å². The molecule has 1 amide bonds. The SMILES string of the molecule is NC1Cc2ccccc2C1NC(=O)C1CCCCCCC1. The first-order valence-electron chi connectivity index (χ1n) is 8.39. The molecule has 2 atom stereocenters. The molecule has 114 valence electrons. The van der Waals surface area contributed by atoms with Crippen LogP contribution in [0.25, 0.3) is 0 Å². The van der Waals surface area contributed by atoms with Crippen LogP contribution in [0.1, 0.15) is 62.1 Å². The van der Waals surface area contributed by atoms with Crippen LogP contribution in [0.3, 0.4) is 0 Å². The van der Waals surface area contributed by atoms with E-state index in [0.717, 1.165) is 19.3 Å². The van der Waals surface area contributed by atoms with Gasteiger partial charge in [0.2, 0.25) is 5.91 Å². The number of nitrogens with one attached hydrogen (secondary N) is 1. The summed E-state index contributed by atoms with van der Waals surface area (Å²) < 4.78 is 0. The molecule has 1 saturated carbocycles. The lowest BCUT2D eigenvalue weighted by Crippen LogP contribution is -2.41. The van der Waals surface area contributed by atoms with Crippen molar-refractivity contribution in [3.05, 3.63) is 35.4 Å². The third kappa shape index (κ3) is 3.29. The molecule has 3 rings (SSSR count). The molecule has 2 unspecified atom stereocenters. The first-order valence-corrected chi connectivity index (χ1v) is 8.39. The second kappa shape index (κ2) is 6.61. The van der Waals surface area contributed by atoms with E-state index in [4.69, 9.17) is 5.73 Å². The summed E-state index contributed by atoms with van der Waals surface area (Å²) in [5.74, 6) is 0.402. The van der Waals surface area contributed by atoms with E-state index in [1.54, 1.807) is 0 Å². The molecule has 1 fully saturated rings. The standard InChI is InChI=1S/C18H26N2O/c19-16-12-14-10-6-7-11-15(14)17(16)20-18(21)13-8-4-2-1-3-5-9-13/h6-7,10-11,13,16-17H,1-5,8-9,12,19H2,(H,20,21). The predicted molar refractivity (Wildman–Crippen MR) is 84.8 cm³/mol. The van der Waals surface area contributed by atoms with Crippen molar-refractivity contribution in [2.45, 2.75) is 63.5 Å². The van der Waals surface area contributed by atoms with E-state index in [0.29, 0.717) is 0 Å². The molecule has 0 aliphatic heterocycles. The lowest BCUT2D eigenvalue weighted by molar-refractivity contribution is -0.126. The van der Waals surface area contributed by atoms with Gasteiger partial charge < -0.3 is 11.1 Å². The van der Waals surface area contributed by atoms with Crippen molar-refractivity contribution >= 4 is 5.91 Å². The zero-order valence-electron chi connectivity index (χ0n) is 12.7. The highest BCUT2D eigenvalue weighted by molar-refractivity contribution is 5.79. The van der Waals surface area contributed by atoms with E-state index >= 15 is 0 Å². The highest BCUT2D eigenvalue weighted by Gasteiger charge is 2.32. The van der Waals surface area contributed by atoms with E-state index in [1.165, 1.54) is 43.2 Å². The number of hydrogen-bond donors (Lipinski definition) is 2. The minimum Gasteiger partial charge on any atom is -0.347 e. The number of benzene rings is 1. The molecule has 21 heavy (non-hydrogen) atoms. The van der Waals surface area contributed by atoms with Crippen molar-refractivity contribution in [3.63, 3.8) is 0 Å². The van der Waals surface area contributed by atoms with Crippen LogP contribution in [-0.2, 0) is 11.2 Å². The summed E-state index contributed by atoms with van der Waals surface area (Å²) in [6.45, 7) is 0. The largest absolute Gasteiger partial charge is 0.347 e. The molecule has 0 radical (unpaired) electrons. The number of hydrogen-bond acceptors (Lipinski definition) is 2. The zero-order chi connectivity index (χ0) is 14.7. The second-order valence-electron chi connectivity index (χ2n) is 6.60. The lowest BCUT2D eigenvalue weighted by Gasteiger charge is -2.24. The quantitative estimate of drug-likeness (QED) is 0.878. The number of nitrogens with two attached hydrogens (primary N) is 1. The summed E-state index contributed by atoms with van der Waals surface area (Å²) in [6, 6.07) is 8.32. The number of carbonyl (C=O) groups is 1. The van der Waals surface area contributed by atoms with Crippen molar-refractivity contribution in [2.75, 3.05) is 0 Å². The third-order valence-corrected chi connectivity index (χ3v) is 5.05. The van der Waals surface area contributed by atoms with Crippen LogP contribution in [0.4, 0.5) is 0 Å². The summed E-state index contributed by atoms with van der Waals surface area (Å²) >= 11 is 0. The van der Waals surface area contributed by atoms with Crippen LogP contribution in [0.2, 0.25) is 0 Å². The molecule has 0 bridgehead atoms. The Labute approximate surface area is 127 Å². The van der Waals surface area contributed by atoms with Crippen molar-refractivity contribution in [1.29, 1.82) is 0 Å². The average Bonchev–Trinajstić information content (AvgIpc) is 2.75. The lowest BCUT2D eigenvalue weighted by atomic mass is 9.90. The highest BCUT2D eigenvalue weighted by atomic mass is 16.1. The second-order valence-corrected chi connectivity index (χ2v) is 6.60. The fraction of sp³-hybridized carbons (Fsp3) is 0.611. The van der Waals surface area contributed by atoms with Gasteiger partial charge in [-0.05, 0) is 30.4 Å². The summed E-state index contributed by atoms with van der Waals surface area (Å²) in [5, 5.41) is 3.24. The Morgan fingerprint density at radius 2 is 1.71 bits per heavy atom. The van der Waals surface area contributed by atoms with Crippen molar-refractivity contribution in [3.8, 4) is 0 Å². The van der Waals surface area contributed by atoms with Crippen LogP contribution in [0.5, 0.6) is 0 Å². The maximum Gasteiger partial charge on any atom is 0.223 e. The van der Waals surface area contributed by atoms with Gasteiger partial charge in [-0.15, -0.1) is 0 Å². The van der Waals surface area contributed by atoms with Crippen LogP contribution in [0.15, 0.2) is 24.3 Å². The Kier molecular flexibility index (Phi) is 4.59. The minimum atomic E-state index is -0.000796. The topological polar surface area (TPSA) is 55.1 Å².